The van der Waals surface area contributed by atoms with E-state index in [1.165, 1.54) is 0 Å². The second kappa shape index (κ2) is 4.80. The van der Waals surface area contributed by atoms with E-state index in [9.17, 15) is 8.42 Å². The monoisotopic (exact) mass is 234 g/mol. The van der Waals surface area contributed by atoms with Crippen LogP contribution in [0.4, 0.5) is 0 Å². The van der Waals surface area contributed by atoms with Gasteiger partial charge in [0, 0.05) is 6.54 Å². The molecule has 0 aromatic rings. The Morgan fingerprint density at radius 1 is 1.33 bits per heavy atom. The molecule has 0 amide bonds. The molecule has 1 aliphatic rings. The lowest BCUT2D eigenvalue weighted by Crippen LogP contribution is -2.44. The first kappa shape index (κ1) is 12.9. The molecule has 1 rings (SSSR count). The minimum Gasteiger partial charge on any atom is -0.317 e. The molecule has 0 aliphatic carbocycles. The third-order valence-corrected chi connectivity index (χ3v) is 4.92. The molecular weight excluding hydrogens is 212 g/mol. The highest BCUT2D eigenvalue weighted by atomic mass is 32.2. The van der Waals surface area contributed by atoms with Gasteiger partial charge in [-0.1, -0.05) is 6.92 Å². The van der Waals surface area contributed by atoms with Crippen molar-refractivity contribution >= 4 is 10.0 Å². The normalized spacial score (nSPS) is 21.9. The highest BCUT2D eigenvalue weighted by molar-refractivity contribution is 7.90. The Kier molecular flexibility index (Phi) is 4.14. The van der Waals surface area contributed by atoms with Crippen molar-refractivity contribution in [1.29, 1.82) is 0 Å². The van der Waals surface area contributed by atoms with Gasteiger partial charge in [0.2, 0.25) is 10.0 Å². The standard InChI is InChI=1S/C10H22N2O2S/c1-9(2)15(13,14)12-8-10(3)4-6-11-7-5-10/h9,11-12H,4-8H2,1-3H3. The van der Waals surface area contributed by atoms with Gasteiger partial charge in [-0.3, -0.25) is 0 Å². The van der Waals surface area contributed by atoms with Gasteiger partial charge in [0.25, 0.3) is 0 Å². The van der Waals surface area contributed by atoms with E-state index in [1.54, 1.807) is 13.8 Å². The third-order valence-electron chi connectivity index (χ3n) is 3.13. The van der Waals surface area contributed by atoms with Crippen LogP contribution in [0, 0.1) is 5.41 Å². The maximum atomic E-state index is 11.6. The van der Waals surface area contributed by atoms with Gasteiger partial charge >= 0.3 is 0 Å². The van der Waals surface area contributed by atoms with E-state index in [1.807, 2.05) is 0 Å². The number of piperidine rings is 1. The summed E-state index contributed by atoms with van der Waals surface area (Å²) in [6, 6.07) is 0. The lowest BCUT2D eigenvalue weighted by Gasteiger charge is -2.34. The van der Waals surface area contributed by atoms with Crippen LogP contribution in [0.1, 0.15) is 33.6 Å². The molecule has 90 valence electrons. The van der Waals surface area contributed by atoms with Gasteiger partial charge in [0.1, 0.15) is 0 Å². The number of nitrogens with one attached hydrogen (secondary N) is 2. The smallest absolute Gasteiger partial charge is 0.213 e. The topological polar surface area (TPSA) is 58.2 Å². The van der Waals surface area contributed by atoms with Crippen LogP contribution in [0.15, 0.2) is 0 Å². The maximum Gasteiger partial charge on any atom is 0.213 e. The molecule has 0 bridgehead atoms. The largest absolute Gasteiger partial charge is 0.317 e. The highest BCUT2D eigenvalue weighted by Crippen LogP contribution is 2.26. The minimum absolute atomic E-state index is 0.118. The predicted octanol–water partition coefficient (Wildman–Crippen LogP) is 0.704. The van der Waals surface area contributed by atoms with E-state index in [0.717, 1.165) is 25.9 Å². The van der Waals surface area contributed by atoms with Gasteiger partial charge in [0.05, 0.1) is 5.25 Å². The molecule has 5 heteroatoms. The molecule has 0 radical (unpaired) electrons. The van der Waals surface area contributed by atoms with Gasteiger partial charge < -0.3 is 5.32 Å². The summed E-state index contributed by atoms with van der Waals surface area (Å²) < 4.78 is 25.9. The molecule has 0 atom stereocenters. The van der Waals surface area contributed by atoms with Gasteiger partial charge in [0.15, 0.2) is 0 Å². The molecule has 1 saturated heterocycles. The van der Waals surface area contributed by atoms with Crippen molar-refractivity contribution in [2.75, 3.05) is 19.6 Å². The molecule has 0 unspecified atom stereocenters. The number of hydrogen-bond acceptors (Lipinski definition) is 3. The average molecular weight is 234 g/mol. The minimum atomic E-state index is -3.11. The second-order valence-corrected chi connectivity index (χ2v) is 7.30. The molecule has 0 aromatic carbocycles. The SMILES string of the molecule is CC(C)S(=O)(=O)NCC1(C)CCNCC1. The Balaban J connectivity index is 2.48. The molecule has 2 N–H and O–H groups in total. The van der Waals surface area contributed by atoms with Crippen molar-refractivity contribution in [2.45, 2.75) is 38.9 Å². The van der Waals surface area contributed by atoms with Crippen molar-refractivity contribution in [2.24, 2.45) is 5.41 Å². The molecule has 15 heavy (non-hydrogen) atoms. The summed E-state index contributed by atoms with van der Waals surface area (Å²) in [6.07, 6.45) is 2.07. The zero-order valence-electron chi connectivity index (χ0n) is 9.84. The van der Waals surface area contributed by atoms with Crippen molar-refractivity contribution in [1.82, 2.24) is 10.0 Å². The summed E-state index contributed by atoms with van der Waals surface area (Å²) in [5, 5.41) is 2.94. The Labute approximate surface area is 92.9 Å². The average Bonchev–Trinajstić information content (AvgIpc) is 2.16. The Morgan fingerprint density at radius 3 is 2.33 bits per heavy atom. The zero-order valence-corrected chi connectivity index (χ0v) is 10.7. The number of sulfonamides is 1. The van der Waals surface area contributed by atoms with Crippen LogP contribution < -0.4 is 10.0 Å². The summed E-state index contributed by atoms with van der Waals surface area (Å²) in [5.74, 6) is 0. The second-order valence-electron chi connectivity index (χ2n) is 4.98. The predicted molar refractivity (Wildman–Crippen MR) is 62.3 cm³/mol. The first-order valence-electron chi connectivity index (χ1n) is 5.55. The molecule has 4 nitrogen and oxygen atoms in total. The number of hydrogen-bond donors (Lipinski definition) is 2. The molecule has 1 fully saturated rings. The van der Waals surface area contributed by atoms with Gasteiger partial charge in [-0.2, -0.15) is 0 Å². The van der Waals surface area contributed by atoms with E-state index >= 15 is 0 Å². The van der Waals surface area contributed by atoms with E-state index in [-0.39, 0.29) is 10.7 Å². The van der Waals surface area contributed by atoms with Crippen molar-refractivity contribution < 1.29 is 8.42 Å². The van der Waals surface area contributed by atoms with Crippen LogP contribution in [-0.2, 0) is 10.0 Å². The summed E-state index contributed by atoms with van der Waals surface area (Å²) in [4.78, 5) is 0. The lowest BCUT2D eigenvalue weighted by molar-refractivity contribution is 0.232. The van der Waals surface area contributed by atoms with E-state index in [0.29, 0.717) is 6.54 Å². The van der Waals surface area contributed by atoms with Crippen molar-refractivity contribution in [3.8, 4) is 0 Å². The first-order valence-corrected chi connectivity index (χ1v) is 7.10. The molecule has 1 heterocycles. The summed E-state index contributed by atoms with van der Waals surface area (Å²) >= 11 is 0. The fraction of sp³-hybridized carbons (Fsp3) is 1.00. The van der Waals surface area contributed by atoms with Crippen LogP contribution in [0.25, 0.3) is 0 Å². The van der Waals surface area contributed by atoms with E-state index in [4.69, 9.17) is 0 Å². The summed E-state index contributed by atoms with van der Waals surface area (Å²) in [6.45, 7) is 8.09. The highest BCUT2D eigenvalue weighted by Gasteiger charge is 2.28. The Morgan fingerprint density at radius 2 is 1.87 bits per heavy atom. The van der Waals surface area contributed by atoms with Crippen molar-refractivity contribution in [3.05, 3.63) is 0 Å². The first-order chi connectivity index (χ1) is 6.86. The Hall–Kier alpha value is -0.130. The quantitative estimate of drug-likeness (QED) is 0.753. The summed E-state index contributed by atoms with van der Waals surface area (Å²) in [7, 11) is -3.11. The van der Waals surface area contributed by atoms with E-state index < -0.39 is 10.0 Å². The fourth-order valence-electron chi connectivity index (χ4n) is 1.65. The molecular formula is C10H22N2O2S. The van der Waals surface area contributed by atoms with Crippen LogP contribution in [0.2, 0.25) is 0 Å². The lowest BCUT2D eigenvalue weighted by atomic mass is 9.81. The van der Waals surface area contributed by atoms with Crippen LogP contribution >= 0.6 is 0 Å². The van der Waals surface area contributed by atoms with Crippen LogP contribution in [0.5, 0.6) is 0 Å². The number of rotatable bonds is 4. The van der Waals surface area contributed by atoms with E-state index in [2.05, 4.69) is 17.0 Å². The molecule has 0 aromatic heterocycles. The van der Waals surface area contributed by atoms with Gasteiger partial charge in [-0.25, -0.2) is 13.1 Å². The Bertz CT molecular complexity index is 293. The van der Waals surface area contributed by atoms with Gasteiger partial charge in [-0.15, -0.1) is 0 Å². The maximum absolute atomic E-state index is 11.6. The summed E-state index contributed by atoms with van der Waals surface area (Å²) in [5.41, 5.74) is 0.118. The molecule has 0 spiro atoms. The fourth-order valence-corrected chi connectivity index (χ4v) is 2.53. The van der Waals surface area contributed by atoms with Crippen molar-refractivity contribution in [3.63, 3.8) is 0 Å². The van der Waals surface area contributed by atoms with Gasteiger partial charge in [-0.05, 0) is 45.2 Å². The zero-order chi connectivity index (χ0) is 11.5. The molecule has 0 saturated carbocycles. The van der Waals surface area contributed by atoms with Crippen LogP contribution in [0.3, 0.4) is 0 Å². The molecule has 1 aliphatic heterocycles. The van der Waals surface area contributed by atoms with Crippen LogP contribution in [-0.4, -0.2) is 33.3 Å². The third kappa shape index (κ3) is 3.74.